The number of rotatable bonds is 9. The summed E-state index contributed by atoms with van der Waals surface area (Å²) in [5, 5.41) is 4.31. The van der Waals surface area contributed by atoms with Crippen molar-refractivity contribution in [1.29, 1.82) is 0 Å². The summed E-state index contributed by atoms with van der Waals surface area (Å²) in [5.41, 5.74) is 1.59. The van der Waals surface area contributed by atoms with E-state index in [9.17, 15) is 9.59 Å². The van der Waals surface area contributed by atoms with Crippen LogP contribution in [-0.4, -0.2) is 29.3 Å². The molecule has 0 radical (unpaired) electrons. The molecular formula is C22H25Cl3N2O2. The van der Waals surface area contributed by atoms with Crippen LogP contribution < -0.4 is 5.32 Å². The average molecular weight is 456 g/mol. The van der Waals surface area contributed by atoms with E-state index in [2.05, 4.69) is 12.2 Å². The standard InChI is InChI=1S/C22H25Cl3N2O2/c1-3-4-10-26-22(29)15(2)27(14-17-6-5-7-18(23)11-17)21(28)13-16-8-9-19(24)20(25)12-16/h5-9,11-12,15H,3-4,10,13-14H2,1-2H3,(H,26,29). The molecule has 0 heterocycles. The number of carbonyl (C=O) groups is 2. The van der Waals surface area contributed by atoms with Crippen molar-refractivity contribution in [2.24, 2.45) is 0 Å². The number of nitrogens with one attached hydrogen (secondary N) is 1. The first-order valence-electron chi connectivity index (χ1n) is 9.57. The molecule has 0 spiro atoms. The molecule has 0 aliphatic heterocycles. The number of amides is 2. The molecule has 0 fully saturated rings. The van der Waals surface area contributed by atoms with E-state index in [0.29, 0.717) is 21.6 Å². The van der Waals surface area contributed by atoms with Gasteiger partial charge in [0.05, 0.1) is 16.5 Å². The normalized spacial score (nSPS) is 11.8. The van der Waals surface area contributed by atoms with Crippen LogP contribution in [0.2, 0.25) is 15.1 Å². The lowest BCUT2D eigenvalue weighted by molar-refractivity contribution is -0.140. The minimum absolute atomic E-state index is 0.115. The largest absolute Gasteiger partial charge is 0.354 e. The third kappa shape index (κ3) is 7.22. The molecule has 0 saturated carbocycles. The van der Waals surface area contributed by atoms with Gasteiger partial charge in [-0.15, -0.1) is 0 Å². The van der Waals surface area contributed by atoms with Crippen molar-refractivity contribution in [1.82, 2.24) is 10.2 Å². The maximum atomic E-state index is 13.1. The van der Waals surface area contributed by atoms with Crippen LogP contribution in [0.15, 0.2) is 42.5 Å². The monoisotopic (exact) mass is 454 g/mol. The number of halogens is 3. The van der Waals surface area contributed by atoms with E-state index in [-0.39, 0.29) is 24.8 Å². The number of unbranched alkanes of at least 4 members (excludes halogenated alkanes) is 1. The van der Waals surface area contributed by atoms with Gasteiger partial charge in [0.15, 0.2) is 0 Å². The number of nitrogens with zero attached hydrogens (tertiary/aromatic N) is 1. The van der Waals surface area contributed by atoms with Crippen LogP contribution in [0.1, 0.15) is 37.8 Å². The molecule has 0 aromatic heterocycles. The van der Waals surface area contributed by atoms with E-state index in [1.165, 1.54) is 0 Å². The Labute approximate surface area is 187 Å². The summed E-state index contributed by atoms with van der Waals surface area (Å²) in [5.74, 6) is -0.357. The third-order valence-electron chi connectivity index (χ3n) is 4.58. The van der Waals surface area contributed by atoms with Crippen LogP contribution in [0, 0.1) is 0 Å². The van der Waals surface area contributed by atoms with Crippen molar-refractivity contribution in [2.75, 3.05) is 6.54 Å². The lowest BCUT2D eigenvalue weighted by atomic mass is 10.1. The Morgan fingerprint density at radius 3 is 2.45 bits per heavy atom. The molecule has 4 nitrogen and oxygen atoms in total. The molecule has 29 heavy (non-hydrogen) atoms. The second-order valence-electron chi connectivity index (χ2n) is 6.90. The minimum atomic E-state index is -0.624. The first kappa shape index (κ1) is 23.5. The molecule has 1 N–H and O–H groups in total. The van der Waals surface area contributed by atoms with Gasteiger partial charge in [0.2, 0.25) is 11.8 Å². The van der Waals surface area contributed by atoms with Crippen molar-refractivity contribution < 1.29 is 9.59 Å². The van der Waals surface area contributed by atoms with E-state index in [1.807, 2.05) is 12.1 Å². The van der Waals surface area contributed by atoms with Crippen molar-refractivity contribution in [3.05, 3.63) is 68.7 Å². The molecule has 7 heteroatoms. The van der Waals surface area contributed by atoms with Crippen molar-refractivity contribution in [3.8, 4) is 0 Å². The van der Waals surface area contributed by atoms with Crippen LogP contribution in [0.3, 0.4) is 0 Å². The Kier molecular flexibility index (Phi) is 9.28. The summed E-state index contributed by atoms with van der Waals surface area (Å²) >= 11 is 18.1. The average Bonchev–Trinajstić information content (AvgIpc) is 2.68. The molecule has 0 bridgehead atoms. The first-order valence-corrected chi connectivity index (χ1v) is 10.7. The van der Waals surface area contributed by atoms with Gasteiger partial charge in [-0.3, -0.25) is 9.59 Å². The van der Waals surface area contributed by atoms with E-state index in [1.54, 1.807) is 42.2 Å². The molecule has 0 saturated heterocycles. The second-order valence-corrected chi connectivity index (χ2v) is 8.15. The van der Waals surface area contributed by atoms with Gasteiger partial charge in [-0.2, -0.15) is 0 Å². The highest BCUT2D eigenvalue weighted by molar-refractivity contribution is 6.42. The van der Waals surface area contributed by atoms with Gasteiger partial charge in [0.25, 0.3) is 0 Å². The predicted molar refractivity (Wildman–Crippen MR) is 120 cm³/mol. The van der Waals surface area contributed by atoms with Gasteiger partial charge >= 0.3 is 0 Å². The molecule has 0 aliphatic rings. The van der Waals surface area contributed by atoms with Gasteiger partial charge in [-0.25, -0.2) is 0 Å². The zero-order valence-corrected chi connectivity index (χ0v) is 18.8. The molecule has 2 aromatic rings. The smallest absolute Gasteiger partial charge is 0.242 e. The van der Waals surface area contributed by atoms with E-state index < -0.39 is 6.04 Å². The first-order chi connectivity index (χ1) is 13.8. The zero-order chi connectivity index (χ0) is 21.4. The fourth-order valence-corrected chi connectivity index (χ4v) is 3.41. The molecular weight excluding hydrogens is 431 g/mol. The highest BCUT2D eigenvalue weighted by Gasteiger charge is 2.26. The van der Waals surface area contributed by atoms with Crippen LogP contribution in [0.5, 0.6) is 0 Å². The Morgan fingerprint density at radius 1 is 1.03 bits per heavy atom. The van der Waals surface area contributed by atoms with Gasteiger partial charge in [-0.05, 0) is 48.7 Å². The van der Waals surface area contributed by atoms with Crippen molar-refractivity contribution >= 4 is 46.6 Å². The SMILES string of the molecule is CCCCNC(=O)C(C)N(Cc1cccc(Cl)c1)C(=O)Cc1ccc(Cl)c(Cl)c1. The quantitative estimate of drug-likeness (QED) is 0.506. The summed E-state index contributed by atoms with van der Waals surface area (Å²) in [6.45, 7) is 4.66. The summed E-state index contributed by atoms with van der Waals surface area (Å²) in [4.78, 5) is 27.3. The molecule has 0 aliphatic carbocycles. The number of carbonyl (C=O) groups excluding carboxylic acids is 2. The number of hydrogen-bond acceptors (Lipinski definition) is 2. The Bertz CT molecular complexity index is 858. The van der Waals surface area contributed by atoms with E-state index in [0.717, 1.165) is 24.0 Å². The molecule has 2 aromatic carbocycles. The molecule has 1 unspecified atom stereocenters. The van der Waals surface area contributed by atoms with Crippen LogP contribution >= 0.6 is 34.8 Å². The van der Waals surface area contributed by atoms with Crippen LogP contribution in [-0.2, 0) is 22.6 Å². The minimum Gasteiger partial charge on any atom is -0.354 e. The topological polar surface area (TPSA) is 49.4 Å². The van der Waals surface area contributed by atoms with Crippen LogP contribution in [0.25, 0.3) is 0 Å². The van der Waals surface area contributed by atoms with E-state index >= 15 is 0 Å². The molecule has 2 rings (SSSR count). The Balaban J connectivity index is 2.20. The maximum absolute atomic E-state index is 13.1. The summed E-state index contributed by atoms with van der Waals surface area (Å²) in [6.07, 6.45) is 1.99. The Hall–Kier alpha value is -1.75. The number of hydrogen-bond donors (Lipinski definition) is 1. The van der Waals surface area contributed by atoms with Gasteiger partial charge in [0, 0.05) is 18.1 Å². The highest BCUT2D eigenvalue weighted by atomic mass is 35.5. The molecule has 2 amide bonds. The lowest BCUT2D eigenvalue weighted by Gasteiger charge is -2.29. The van der Waals surface area contributed by atoms with Crippen molar-refractivity contribution in [3.63, 3.8) is 0 Å². The fourth-order valence-electron chi connectivity index (χ4n) is 2.88. The maximum Gasteiger partial charge on any atom is 0.242 e. The molecule has 1 atom stereocenters. The van der Waals surface area contributed by atoms with Crippen LogP contribution in [0.4, 0.5) is 0 Å². The Morgan fingerprint density at radius 2 is 1.79 bits per heavy atom. The predicted octanol–water partition coefficient (Wildman–Crippen LogP) is 5.52. The van der Waals surface area contributed by atoms with Crippen molar-refractivity contribution in [2.45, 2.75) is 45.7 Å². The molecule has 156 valence electrons. The summed E-state index contributed by atoms with van der Waals surface area (Å²) < 4.78 is 0. The summed E-state index contributed by atoms with van der Waals surface area (Å²) in [6, 6.07) is 11.7. The third-order valence-corrected chi connectivity index (χ3v) is 5.55. The lowest BCUT2D eigenvalue weighted by Crippen LogP contribution is -2.48. The van der Waals surface area contributed by atoms with Gasteiger partial charge in [-0.1, -0.05) is 66.3 Å². The summed E-state index contributed by atoms with van der Waals surface area (Å²) in [7, 11) is 0. The second kappa shape index (κ2) is 11.4. The highest BCUT2D eigenvalue weighted by Crippen LogP contribution is 2.23. The fraction of sp³-hybridized carbons (Fsp3) is 0.364. The number of benzene rings is 2. The van der Waals surface area contributed by atoms with E-state index in [4.69, 9.17) is 34.8 Å². The van der Waals surface area contributed by atoms with Gasteiger partial charge < -0.3 is 10.2 Å². The van der Waals surface area contributed by atoms with Gasteiger partial charge in [0.1, 0.15) is 6.04 Å². The zero-order valence-electron chi connectivity index (χ0n) is 16.6.